The highest BCUT2D eigenvalue weighted by Gasteiger charge is 2.39. The van der Waals surface area contributed by atoms with E-state index in [2.05, 4.69) is 6.92 Å². The number of unbranched alkanes of at least 4 members (excludes halogenated alkanes) is 1. The third kappa shape index (κ3) is 7.35. The fraction of sp³-hybridized carbons (Fsp3) is 0.647. The lowest BCUT2D eigenvalue weighted by Crippen LogP contribution is -2.35. The zero-order chi connectivity index (χ0) is 29.1. The van der Waals surface area contributed by atoms with Crippen LogP contribution in [0.15, 0.2) is 18.2 Å². The van der Waals surface area contributed by atoms with Gasteiger partial charge in [-0.3, -0.25) is 0 Å². The Bertz CT molecular complexity index is 1270. The third-order valence-corrected chi connectivity index (χ3v) is 10.2. The van der Waals surface area contributed by atoms with Crippen molar-refractivity contribution in [1.29, 1.82) is 0 Å². The minimum atomic E-state index is -4.92. The lowest BCUT2D eigenvalue weighted by molar-refractivity contribution is -0.0696. The summed E-state index contributed by atoms with van der Waals surface area (Å²) in [6.07, 6.45) is 12.1. The van der Waals surface area contributed by atoms with Crippen molar-refractivity contribution in [3.05, 3.63) is 41.2 Å². The summed E-state index contributed by atoms with van der Waals surface area (Å²) >= 11 is 0. The third-order valence-electron chi connectivity index (χ3n) is 10.2. The molecule has 5 rings (SSSR count). The van der Waals surface area contributed by atoms with E-state index in [0.29, 0.717) is 18.4 Å². The van der Waals surface area contributed by atoms with Crippen LogP contribution in [0.1, 0.15) is 96.0 Å². The molecular weight excluding hydrogens is 538 g/mol. The molecule has 7 heteroatoms. The molecule has 0 amide bonds. The predicted octanol–water partition coefficient (Wildman–Crippen LogP) is 10.4. The summed E-state index contributed by atoms with van der Waals surface area (Å²) in [6, 6.07) is 3.15. The molecule has 1 nitrogen and oxygen atoms in total. The molecule has 3 saturated carbocycles. The smallest absolute Gasteiger partial charge is 0.458 e. The van der Waals surface area contributed by atoms with Crippen LogP contribution in [0.5, 0.6) is 5.75 Å². The largest absolute Gasteiger partial charge is 0.493 e. The SMILES string of the molecule is CCCCC1CCC(C2CCC3CC(COc4cc(F)c5c(F)c(C#CC(F)(F)F)c(F)cc5c4)CCC3C2)CC1. The topological polar surface area (TPSA) is 9.23 Å². The van der Waals surface area contributed by atoms with E-state index in [0.717, 1.165) is 54.6 Å². The molecule has 4 atom stereocenters. The molecule has 0 radical (unpaired) electrons. The van der Waals surface area contributed by atoms with Gasteiger partial charge in [0.25, 0.3) is 0 Å². The van der Waals surface area contributed by atoms with E-state index in [1.54, 1.807) is 0 Å². The lowest BCUT2D eigenvalue weighted by Gasteiger charge is -2.45. The maximum Gasteiger partial charge on any atom is 0.458 e. The molecule has 4 unspecified atom stereocenters. The summed E-state index contributed by atoms with van der Waals surface area (Å²) in [5.41, 5.74) is -1.10. The Kier molecular flexibility index (Phi) is 9.46. The quantitative estimate of drug-likeness (QED) is 0.235. The summed E-state index contributed by atoms with van der Waals surface area (Å²) in [7, 11) is 0. The molecule has 3 aliphatic rings. The normalized spacial score (nSPS) is 28.6. The van der Waals surface area contributed by atoms with Crippen molar-refractivity contribution in [2.75, 3.05) is 6.61 Å². The van der Waals surface area contributed by atoms with Crippen LogP contribution < -0.4 is 4.74 Å². The number of alkyl halides is 3. The first-order valence-electron chi connectivity index (χ1n) is 15.4. The first-order valence-corrected chi connectivity index (χ1v) is 15.4. The van der Waals surface area contributed by atoms with E-state index in [1.807, 2.05) is 0 Å². The van der Waals surface area contributed by atoms with Crippen LogP contribution in [0, 0.1) is 64.8 Å². The number of hydrogen-bond acceptors (Lipinski definition) is 1. The van der Waals surface area contributed by atoms with E-state index in [-0.39, 0.29) is 11.1 Å². The second-order valence-corrected chi connectivity index (χ2v) is 12.8. The van der Waals surface area contributed by atoms with E-state index < -0.39 is 34.6 Å². The first-order chi connectivity index (χ1) is 19.6. The van der Waals surface area contributed by atoms with Crippen LogP contribution in [0.2, 0.25) is 0 Å². The number of hydrogen-bond donors (Lipinski definition) is 0. The van der Waals surface area contributed by atoms with Crippen molar-refractivity contribution in [2.24, 2.45) is 35.5 Å². The highest BCUT2D eigenvalue weighted by Crippen LogP contribution is 2.49. The number of fused-ring (bicyclic) bond motifs is 2. The fourth-order valence-corrected chi connectivity index (χ4v) is 7.97. The van der Waals surface area contributed by atoms with Crippen molar-refractivity contribution < 1.29 is 31.1 Å². The number of benzene rings is 2. The van der Waals surface area contributed by atoms with Crippen LogP contribution in [-0.2, 0) is 0 Å². The summed E-state index contributed by atoms with van der Waals surface area (Å²) in [4.78, 5) is 0. The highest BCUT2D eigenvalue weighted by atomic mass is 19.4. The van der Waals surface area contributed by atoms with E-state index in [1.165, 1.54) is 82.6 Å². The molecule has 0 aliphatic heterocycles. The molecule has 0 heterocycles. The van der Waals surface area contributed by atoms with Gasteiger partial charge >= 0.3 is 6.18 Å². The van der Waals surface area contributed by atoms with E-state index in [9.17, 15) is 26.3 Å². The molecule has 0 aromatic heterocycles. The summed E-state index contributed by atoms with van der Waals surface area (Å²) < 4.78 is 87.1. The molecule has 2 aromatic rings. The van der Waals surface area contributed by atoms with Gasteiger partial charge in [-0.1, -0.05) is 44.9 Å². The Hall–Kier alpha value is -2.36. The molecule has 2 aromatic carbocycles. The zero-order valence-electron chi connectivity index (χ0n) is 23.8. The lowest BCUT2D eigenvalue weighted by atomic mass is 9.61. The van der Waals surface area contributed by atoms with Gasteiger partial charge in [-0.05, 0) is 104 Å². The summed E-state index contributed by atoms with van der Waals surface area (Å²) in [6.45, 7) is 2.68. The van der Waals surface area contributed by atoms with Gasteiger partial charge < -0.3 is 4.74 Å². The molecule has 0 bridgehead atoms. The molecular formula is C34H40F6O. The minimum absolute atomic E-state index is 0.117. The van der Waals surface area contributed by atoms with Crippen LogP contribution in [0.4, 0.5) is 26.3 Å². The maximum atomic E-state index is 14.8. The first kappa shape index (κ1) is 30.1. The Morgan fingerprint density at radius 1 is 0.780 bits per heavy atom. The molecule has 0 spiro atoms. The van der Waals surface area contributed by atoms with E-state index in [4.69, 9.17) is 4.74 Å². The van der Waals surface area contributed by atoms with Crippen LogP contribution in [-0.4, -0.2) is 12.8 Å². The van der Waals surface area contributed by atoms with E-state index >= 15 is 0 Å². The van der Waals surface area contributed by atoms with Gasteiger partial charge in [-0.25, -0.2) is 13.2 Å². The Morgan fingerprint density at radius 3 is 2.12 bits per heavy atom. The van der Waals surface area contributed by atoms with Crippen molar-refractivity contribution in [3.8, 4) is 17.6 Å². The number of halogens is 6. The van der Waals surface area contributed by atoms with Gasteiger partial charge in [-0.15, -0.1) is 0 Å². The molecule has 224 valence electrons. The molecule has 41 heavy (non-hydrogen) atoms. The number of ether oxygens (including phenoxy) is 1. The second-order valence-electron chi connectivity index (χ2n) is 12.8. The van der Waals surface area contributed by atoms with Crippen LogP contribution in [0.25, 0.3) is 10.8 Å². The minimum Gasteiger partial charge on any atom is -0.493 e. The van der Waals surface area contributed by atoms with Gasteiger partial charge in [0.1, 0.15) is 17.4 Å². The zero-order valence-corrected chi connectivity index (χ0v) is 23.8. The van der Waals surface area contributed by atoms with Gasteiger partial charge in [0.15, 0.2) is 5.82 Å². The average molecular weight is 579 g/mol. The van der Waals surface area contributed by atoms with Gasteiger partial charge in [-0.2, -0.15) is 13.2 Å². The van der Waals surface area contributed by atoms with Gasteiger partial charge in [0, 0.05) is 12.0 Å². The maximum absolute atomic E-state index is 14.8. The summed E-state index contributed by atoms with van der Waals surface area (Å²) in [5, 5.41) is -0.717. The highest BCUT2D eigenvalue weighted by molar-refractivity contribution is 5.87. The van der Waals surface area contributed by atoms with Crippen LogP contribution >= 0.6 is 0 Å². The standard InChI is InChI=1S/C34H40F6O/c1-2-3-4-21-5-8-23(9-6-21)25-12-11-24-15-22(7-10-26(24)16-25)20-41-28-17-27-18-30(35)29(13-14-34(38,39)40)33(37)32(27)31(36)19-28/h17-19,21-26H,2-12,15-16,20H2,1H3. The Morgan fingerprint density at radius 2 is 1.41 bits per heavy atom. The molecule has 3 fully saturated rings. The van der Waals surface area contributed by atoms with Crippen molar-refractivity contribution in [3.63, 3.8) is 0 Å². The predicted molar refractivity (Wildman–Crippen MR) is 149 cm³/mol. The average Bonchev–Trinajstić information content (AvgIpc) is 2.93. The van der Waals surface area contributed by atoms with Crippen LogP contribution in [0.3, 0.4) is 0 Å². The van der Waals surface area contributed by atoms with Crippen molar-refractivity contribution in [1.82, 2.24) is 0 Å². The second kappa shape index (κ2) is 12.9. The summed E-state index contributed by atoms with van der Waals surface area (Å²) in [5.74, 6) is 3.25. The number of rotatable bonds is 7. The molecule has 0 saturated heterocycles. The van der Waals surface area contributed by atoms with Gasteiger partial charge in [0.05, 0.1) is 17.6 Å². The van der Waals surface area contributed by atoms with Gasteiger partial charge in [0.2, 0.25) is 0 Å². The fourth-order valence-electron chi connectivity index (χ4n) is 7.97. The van der Waals surface area contributed by atoms with Crippen molar-refractivity contribution in [2.45, 2.75) is 96.6 Å². The van der Waals surface area contributed by atoms with Crippen molar-refractivity contribution >= 4 is 10.8 Å². The molecule has 0 N–H and O–H groups in total. The monoisotopic (exact) mass is 578 g/mol. The Balaban J connectivity index is 1.15. The molecule has 3 aliphatic carbocycles. The Labute approximate surface area is 239 Å².